The minimum Gasteiger partial charge on any atom is -0.409 e. The second-order valence-corrected chi connectivity index (χ2v) is 5.50. The molecule has 6 nitrogen and oxygen atoms in total. The van der Waals surface area contributed by atoms with Crippen LogP contribution in [-0.2, 0) is 9.53 Å². The van der Waals surface area contributed by atoms with E-state index in [0.29, 0.717) is 26.1 Å². The van der Waals surface area contributed by atoms with Crippen molar-refractivity contribution in [1.82, 2.24) is 4.90 Å². The number of hydrogen-bond donors (Lipinski definition) is 2. The maximum Gasteiger partial charge on any atom is 0.236 e. The molecule has 0 aromatic heterocycles. The number of likely N-dealkylation sites (N-methyl/N-ethyl adjacent to an activating group) is 1. The number of carbonyl (C=O) groups is 1. The molecule has 0 bridgehead atoms. The fraction of sp³-hybridized carbons (Fsp3) is 0.857. The van der Waals surface area contributed by atoms with Gasteiger partial charge in [0.2, 0.25) is 5.91 Å². The van der Waals surface area contributed by atoms with Gasteiger partial charge in [-0.15, -0.1) is 0 Å². The Balaban J connectivity index is 3.03. The highest BCUT2D eigenvalue weighted by Gasteiger charge is 2.44. The van der Waals surface area contributed by atoms with Crippen LogP contribution in [0.3, 0.4) is 0 Å². The molecule has 1 aliphatic rings. The fourth-order valence-corrected chi connectivity index (χ4v) is 2.98. The summed E-state index contributed by atoms with van der Waals surface area (Å²) in [4.78, 5) is 14.6. The van der Waals surface area contributed by atoms with Gasteiger partial charge in [0.1, 0.15) is 5.41 Å². The van der Waals surface area contributed by atoms with Gasteiger partial charge >= 0.3 is 0 Å². The number of nitrogens with zero attached hydrogens (tertiary/aromatic N) is 2. The highest BCUT2D eigenvalue weighted by molar-refractivity contribution is 6.06. The third-order valence-electron chi connectivity index (χ3n) is 4.13. The second kappa shape index (κ2) is 7.47. The first-order chi connectivity index (χ1) is 9.53. The van der Waals surface area contributed by atoms with E-state index in [-0.39, 0.29) is 17.8 Å². The summed E-state index contributed by atoms with van der Waals surface area (Å²) in [5.74, 6) is -0.0380. The van der Waals surface area contributed by atoms with Crippen molar-refractivity contribution in [3.8, 4) is 0 Å². The Kier molecular flexibility index (Phi) is 6.26. The van der Waals surface area contributed by atoms with Gasteiger partial charge in [-0.3, -0.25) is 4.79 Å². The summed E-state index contributed by atoms with van der Waals surface area (Å²) in [6.45, 7) is 5.25. The standard InChI is InChI=1S/C14H27N3O3/c1-4-7-14(8-5-2,12(15)16-19)13(18)17(3)11-6-9-20-10-11/h11,19H,4-10H2,1-3H3,(H2,15,16). The predicted octanol–water partition coefficient (Wildman–Crippen LogP) is 1.57. The van der Waals surface area contributed by atoms with Crippen LogP contribution in [-0.4, -0.2) is 48.2 Å². The largest absolute Gasteiger partial charge is 0.409 e. The SMILES string of the molecule is CCCC(CCC)(C(=O)N(C)C1CCOC1)C(N)=NO. The summed E-state index contributed by atoms with van der Waals surface area (Å²) in [6, 6.07) is 0.0853. The van der Waals surface area contributed by atoms with E-state index in [1.165, 1.54) is 0 Å². The van der Waals surface area contributed by atoms with E-state index in [1.54, 1.807) is 11.9 Å². The van der Waals surface area contributed by atoms with Crippen molar-refractivity contribution in [2.75, 3.05) is 20.3 Å². The van der Waals surface area contributed by atoms with Crippen LogP contribution in [0.25, 0.3) is 0 Å². The Bertz CT molecular complexity index is 346. The summed E-state index contributed by atoms with van der Waals surface area (Å²) in [5, 5.41) is 12.2. The van der Waals surface area contributed by atoms with Crippen LogP contribution >= 0.6 is 0 Å². The molecular weight excluding hydrogens is 258 g/mol. The van der Waals surface area contributed by atoms with Gasteiger partial charge in [-0.1, -0.05) is 31.8 Å². The van der Waals surface area contributed by atoms with Crippen molar-refractivity contribution in [2.45, 2.75) is 52.0 Å². The molecule has 3 N–H and O–H groups in total. The summed E-state index contributed by atoms with van der Waals surface area (Å²) >= 11 is 0. The summed E-state index contributed by atoms with van der Waals surface area (Å²) in [7, 11) is 1.78. The average molecular weight is 285 g/mol. The quantitative estimate of drug-likeness (QED) is 0.321. The Hall–Kier alpha value is -1.30. The van der Waals surface area contributed by atoms with Gasteiger partial charge < -0.3 is 20.6 Å². The summed E-state index contributed by atoms with van der Waals surface area (Å²) < 4.78 is 5.34. The van der Waals surface area contributed by atoms with Crippen LogP contribution in [0.1, 0.15) is 46.0 Å². The maximum absolute atomic E-state index is 12.9. The molecule has 0 radical (unpaired) electrons. The third kappa shape index (κ3) is 3.23. The Morgan fingerprint density at radius 1 is 1.45 bits per heavy atom. The summed E-state index contributed by atoms with van der Waals surface area (Å²) in [6.07, 6.45) is 3.63. The molecule has 1 amide bonds. The molecule has 0 spiro atoms. The van der Waals surface area contributed by atoms with Crippen molar-refractivity contribution < 1.29 is 14.7 Å². The minimum absolute atomic E-state index is 0.0250. The van der Waals surface area contributed by atoms with Crippen molar-refractivity contribution in [1.29, 1.82) is 0 Å². The van der Waals surface area contributed by atoms with E-state index in [9.17, 15) is 4.79 Å². The molecule has 0 saturated carbocycles. The summed E-state index contributed by atoms with van der Waals surface area (Å²) in [5.41, 5.74) is 4.99. The first-order valence-corrected chi connectivity index (χ1v) is 7.36. The lowest BCUT2D eigenvalue weighted by molar-refractivity contribution is -0.140. The first kappa shape index (κ1) is 16.8. The van der Waals surface area contributed by atoms with Crippen LogP contribution in [0.5, 0.6) is 0 Å². The molecule has 1 aliphatic heterocycles. The van der Waals surface area contributed by atoms with E-state index in [2.05, 4.69) is 5.16 Å². The van der Waals surface area contributed by atoms with Crippen molar-refractivity contribution in [3.05, 3.63) is 0 Å². The normalized spacial score (nSPS) is 20.1. The molecule has 0 aromatic rings. The Morgan fingerprint density at radius 3 is 2.45 bits per heavy atom. The van der Waals surface area contributed by atoms with Gasteiger partial charge in [0, 0.05) is 13.7 Å². The smallest absolute Gasteiger partial charge is 0.236 e. The number of hydrogen-bond acceptors (Lipinski definition) is 4. The Labute approximate surface area is 120 Å². The number of carbonyl (C=O) groups excluding carboxylic acids is 1. The third-order valence-corrected chi connectivity index (χ3v) is 4.13. The average Bonchev–Trinajstić information content (AvgIpc) is 2.98. The second-order valence-electron chi connectivity index (χ2n) is 5.50. The van der Waals surface area contributed by atoms with Crippen molar-refractivity contribution in [2.24, 2.45) is 16.3 Å². The molecule has 1 rings (SSSR count). The van der Waals surface area contributed by atoms with E-state index >= 15 is 0 Å². The fourth-order valence-electron chi connectivity index (χ4n) is 2.98. The van der Waals surface area contributed by atoms with Crippen LogP contribution in [0.2, 0.25) is 0 Å². The lowest BCUT2D eigenvalue weighted by Gasteiger charge is -2.36. The number of rotatable bonds is 7. The molecule has 0 aromatic carbocycles. The molecule has 0 aliphatic carbocycles. The lowest BCUT2D eigenvalue weighted by Crippen LogP contribution is -2.53. The number of nitrogens with two attached hydrogens (primary N) is 1. The van der Waals surface area contributed by atoms with Gasteiger partial charge in [-0.05, 0) is 19.3 Å². The first-order valence-electron chi connectivity index (χ1n) is 7.36. The lowest BCUT2D eigenvalue weighted by atomic mass is 9.76. The molecule has 20 heavy (non-hydrogen) atoms. The highest BCUT2D eigenvalue weighted by atomic mass is 16.5. The number of ether oxygens (including phenoxy) is 1. The molecule has 1 fully saturated rings. The maximum atomic E-state index is 12.9. The van der Waals surface area contributed by atoms with E-state index in [1.807, 2.05) is 13.8 Å². The molecule has 1 heterocycles. The molecular formula is C14H27N3O3. The van der Waals surface area contributed by atoms with E-state index in [4.69, 9.17) is 15.7 Å². The zero-order valence-electron chi connectivity index (χ0n) is 12.8. The van der Waals surface area contributed by atoms with Crippen LogP contribution in [0.15, 0.2) is 5.16 Å². The minimum atomic E-state index is -0.893. The van der Waals surface area contributed by atoms with Crippen molar-refractivity contribution in [3.63, 3.8) is 0 Å². The van der Waals surface area contributed by atoms with Crippen LogP contribution < -0.4 is 5.73 Å². The molecule has 1 unspecified atom stereocenters. The van der Waals surface area contributed by atoms with Gasteiger partial charge in [0.25, 0.3) is 0 Å². The molecule has 116 valence electrons. The molecule has 6 heteroatoms. The Morgan fingerprint density at radius 2 is 2.05 bits per heavy atom. The molecule has 1 atom stereocenters. The van der Waals surface area contributed by atoms with E-state index in [0.717, 1.165) is 19.3 Å². The van der Waals surface area contributed by atoms with Gasteiger partial charge in [-0.25, -0.2) is 0 Å². The topological polar surface area (TPSA) is 88.2 Å². The van der Waals surface area contributed by atoms with Gasteiger partial charge in [0.05, 0.1) is 12.6 Å². The number of oxime groups is 1. The zero-order chi connectivity index (χ0) is 15.2. The van der Waals surface area contributed by atoms with Gasteiger partial charge in [-0.2, -0.15) is 0 Å². The monoisotopic (exact) mass is 285 g/mol. The molecule has 1 saturated heterocycles. The predicted molar refractivity (Wildman–Crippen MR) is 77.7 cm³/mol. The van der Waals surface area contributed by atoms with Crippen LogP contribution in [0.4, 0.5) is 0 Å². The van der Waals surface area contributed by atoms with Crippen molar-refractivity contribution >= 4 is 11.7 Å². The highest BCUT2D eigenvalue weighted by Crippen LogP contribution is 2.33. The number of amides is 1. The zero-order valence-corrected chi connectivity index (χ0v) is 12.8. The van der Waals surface area contributed by atoms with Crippen LogP contribution in [0, 0.1) is 5.41 Å². The van der Waals surface area contributed by atoms with E-state index < -0.39 is 5.41 Å². The van der Waals surface area contributed by atoms with Gasteiger partial charge in [0.15, 0.2) is 5.84 Å². The number of amidine groups is 1.